The van der Waals surface area contributed by atoms with Crippen molar-refractivity contribution in [2.24, 2.45) is 0 Å². The van der Waals surface area contributed by atoms with Crippen LogP contribution in [0, 0.1) is 0 Å². The number of rotatable bonds is 8. The van der Waals surface area contributed by atoms with Gasteiger partial charge in [0, 0.05) is 6.42 Å². The molecular weight excluding hydrogens is 180 g/mol. The topological polar surface area (TPSA) is 57.5 Å². The lowest BCUT2D eigenvalue weighted by Gasteiger charge is -2.11. The summed E-state index contributed by atoms with van der Waals surface area (Å²) in [5.74, 6) is -0.239. The van der Waals surface area contributed by atoms with Gasteiger partial charge in [0.1, 0.15) is 6.10 Å². The Morgan fingerprint density at radius 2 is 1.71 bits per heavy atom. The Bertz CT molecular complexity index is 155. The maximum absolute atomic E-state index is 11.2. The van der Waals surface area contributed by atoms with Crippen molar-refractivity contribution in [2.45, 2.75) is 64.6 Å². The molecule has 0 radical (unpaired) electrons. The van der Waals surface area contributed by atoms with E-state index >= 15 is 0 Å². The van der Waals surface area contributed by atoms with Gasteiger partial charge in [0.05, 0.1) is 6.10 Å². The molecule has 0 amide bonds. The Morgan fingerprint density at radius 3 is 2.21 bits per heavy atom. The second-order valence-corrected chi connectivity index (χ2v) is 3.82. The molecule has 0 saturated carbocycles. The molecule has 0 aromatic carbocycles. The van der Waals surface area contributed by atoms with Gasteiger partial charge in [-0.25, -0.2) is 0 Å². The maximum Gasteiger partial charge on any atom is 0.163 e. The molecule has 0 aromatic rings. The van der Waals surface area contributed by atoms with Crippen LogP contribution >= 0.6 is 0 Å². The van der Waals surface area contributed by atoms with Gasteiger partial charge in [-0.1, -0.05) is 32.6 Å². The zero-order chi connectivity index (χ0) is 11.0. The van der Waals surface area contributed by atoms with Crippen molar-refractivity contribution in [2.75, 3.05) is 0 Å². The third kappa shape index (κ3) is 6.11. The number of hydrogen-bond donors (Lipinski definition) is 2. The monoisotopic (exact) mass is 202 g/mol. The summed E-state index contributed by atoms with van der Waals surface area (Å²) in [6.45, 7) is 3.57. The molecule has 0 aliphatic heterocycles. The standard InChI is InChI=1S/C11H22O3/c1-3-4-5-6-7-8-10(13)11(14)9(2)12/h9,11-12,14H,3-8H2,1-2H3. The van der Waals surface area contributed by atoms with Gasteiger partial charge in [0.15, 0.2) is 5.78 Å². The third-order valence-electron chi connectivity index (χ3n) is 2.31. The average molecular weight is 202 g/mol. The van der Waals surface area contributed by atoms with Crippen LogP contribution in [-0.2, 0) is 4.79 Å². The SMILES string of the molecule is CCCCCCCC(=O)C(O)C(C)O. The van der Waals surface area contributed by atoms with Crippen LogP contribution in [0.3, 0.4) is 0 Å². The lowest BCUT2D eigenvalue weighted by Crippen LogP contribution is -2.31. The summed E-state index contributed by atoms with van der Waals surface area (Å²) in [4.78, 5) is 11.2. The van der Waals surface area contributed by atoms with Crippen molar-refractivity contribution in [1.29, 1.82) is 0 Å². The van der Waals surface area contributed by atoms with Crippen LogP contribution in [0.15, 0.2) is 0 Å². The summed E-state index contributed by atoms with van der Waals surface area (Å²) in [7, 11) is 0. The molecule has 0 aliphatic carbocycles. The Kier molecular flexibility index (Phi) is 7.71. The van der Waals surface area contributed by atoms with Crippen LogP contribution in [0.25, 0.3) is 0 Å². The number of hydrogen-bond acceptors (Lipinski definition) is 3. The molecule has 0 heterocycles. The minimum absolute atomic E-state index is 0.239. The van der Waals surface area contributed by atoms with E-state index in [4.69, 9.17) is 5.11 Å². The van der Waals surface area contributed by atoms with E-state index in [-0.39, 0.29) is 5.78 Å². The molecule has 2 atom stereocenters. The largest absolute Gasteiger partial charge is 0.390 e. The lowest BCUT2D eigenvalue weighted by atomic mass is 10.0. The van der Waals surface area contributed by atoms with Crippen LogP contribution in [0.2, 0.25) is 0 Å². The molecule has 3 heteroatoms. The molecule has 0 aromatic heterocycles. The van der Waals surface area contributed by atoms with E-state index in [0.717, 1.165) is 19.3 Å². The number of ketones is 1. The first kappa shape index (κ1) is 13.6. The van der Waals surface area contributed by atoms with Gasteiger partial charge in [-0.3, -0.25) is 4.79 Å². The summed E-state index contributed by atoms with van der Waals surface area (Å²) in [6, 6.07) is 0. The average Bonchev–Trinajstić information content (AvgIpc) is 2.16. The second-order valence-electron chi connectivity index (χ2n) is 3.82. The third-order valence-corrected chi connectivity index (χ3v) is 2.31. The Balaban J connectivity index is 3.44. The van der Waals surface area contributed by atoms with E-state index in [1.165, 1.54) is 19.8 Å². The molecule has 2 unspecified atom stereocenters. The molecular formula is C11H22O3. The van der Waals surface area contributed by atoms with Crippen LogP contribution in [0.5, 0.6) is 0 Å². The minimum atomic E-state index is -1.19. The van der Waals surface area contributed by atoms with Crippen molar-refractivity contribution in [3.63, 3.8) is 0 Å². The van der Waals surface area contributed by atoms with Crippen LogP contribution in [0.1, 0.15) is 52.4 Å². The Hall–Kier alpha value is -0.410. The number of aliphatic hydroxyl groups is 2. The van der Waals surface area contributed by atoms with Gasteiger partial charge in [-0.2, -0.15) is 0 Å². The molecule has 3 nitrogen and oxygen atoms in total. The quantitative estimate of drug-likeness (QED) is 0.588. The van der Waals surface area contributed by atoms with Gasteiger partial charge in [-0.15, -0.1) is 0 Å². The van der Waals surface area contributed by atoms with Crippen LogP contribution in [-0.4, -0.2) is 28.2 Å². The van der Waals surface area contributed by atoms with Gasteiger partial charge < -0.3 is 10.2 Å². The van der Waals surface area contributed by atoms with Crippen molar-refractivity contribution >= 4 is 5.78 Å². The predicted molar refractivity (Wildman–Crippen MR) is 56.1 cm³/mol. The van der Waals surface area contributed by atoms with Gasteiger partial charge >= 0.3 is 0 Å². The predicted octanol–water partition coefficient (Wildman–Crippen LogP) is 1.66. The first-order chi connectivity index (χ1) is 6.59. The summed E-state index contributed by atoms with van der Waals surface area (Å²) in [5, 5.41) is 18.2. The highest BCUT2D eigenvalue weighted by Crippen LogP contribution is 2.07. The fourth-order valence-corrected chi connectivity index (χ4v) is 1.32. The number of aliphatic hydroxyl groups excluding tert-OH is 2. The van der Waals surface area contributed by atoms with Gasteiger partial charge in [0.25, 0.3) is 0 Å². The molecule has 2 N–H and O–H groups in total. The highest BCUT2D eigenvalue weighted by atomic mass is 16.3. The molecule has 0 aliphatic rings. The molecule has 0 saturated heterocycles. The van der Waals surface area contributed by atoms with E-state index < -0.39 is 12.2 Å². The highest BCUT2D eigenvalue weighted by Gasteiger charge is 2.19. The lowest BCUT2D eigenvalue weighted by molar-refractivity contribution is -0.132. The zero-order valence-electron chi connectivity index (χ0n) is 9.20. The van der Waals surface area contributed by atoms with Crippen molar-refractivity contribution in [1.82, 2.24) is 0 Å². The van der Waals surface area contributed by atoms with Crippen LogP contribution in [0.4, 0.5) is 0 Å². The second kappa shape index (κ2) is 7.94. The van der Waals surface area contributed by atoms with E-state index in [2.05, 4.69) is 6.92 Å². The Morgan fingerprint density at radius 1 is 1.14 bits per heavy atom. The van der Waals surface area contributed by atoms with Crippen molar-refractivity contribution in [3.05, 3.63) is 0 Å². The van der Waals surface area contributed by atoms with Crippen molar-refractivity contribution < 1.29 is 15.0 Å². The molecule has 14 heavy (non-hydrogen) atoms. The smallest absolute Gasteiger partial charge is 0.163 e. The van der Waals surface area contributed by atoms with Gasteiger partial charge in [0.2, 0.25) is 0 Å². The molecule has 84 valence electrons. The summed E-state index contributed by atoms with van der Waals surface area (Å²) in [6.07, 6.45) is 3.63. The van der Waals surface area contributed by atoms with E-state index in [1.54, 1.807) is 0 Å². The Labute approximate surface area is 86.1 Å². The first-order valence-electron chi connectivity index (χ1n) is 5.48. The maximum atomic E-state index is 11.2. The fourth-order valence-electron chi connectivity index (χ4n) is 1.32. The highest BCUT2D eigenvalue weighted by molar-refractivity contribution is 5.83. The van der Waals surface area contributed by atoms with E-state index in [1.807, 2.05) is 0 Å². The number of Topliss-reactive ketones (excluding diaryl/α,β-unsaturated/α-hetero) is 1. The molecule has 0 bridgehead atoms. The molecule has 0 spiro atoms. The van der Waals surface area contributed by atoms with Crippen LogP contribution < -0.4 is 0 Å². The summed E-state index contributed by atoms with van der Waals surface area (Å²) < 4.78 is 0. The van der Waals surface area contributed by atoms with E-state index in [9.17, 15) is 9.90 Å². The number of carbonyl (C=O) groups is 1. The normalized spacial score (nSPS) is 15.1. The number of carbonyl (C=O) groups excluding carboxylic acids is 1. The molecule has 0 fully saturated rings. The zero-order valence-corrected chi connectivity index (χ0v) is 9.20. The van der Waals surface area contributed by atoms with Gasteiger partial charge in [-0.05, 0) is 13.3 Å². The first-order valence-corrected chi connectivity index (χ1v) is 5.48. The number of unbranched alkanes of at least 4 members (excludes halogenated alkanes) is 4. The van der Waals surface area contributed by atoms with E-state index in [0.29, 0.717) is 6.42 Å². The summed E-state index contributed by atoms with van der Waals surface area (Å²) in [5.41, 5.74) is 0. The molecule has 0 rings (SSSR count). The summed E-state index contributed by atoms with van der Waals surface area (Å²) >= 11 is 0. The van der Waals surface area contributed by atoms with Crippen molar-refractivity contribution in [3.8, 4) is 0 Å². The minimum Gasteiger partial charge on any atom is -0.390 e. The fraction of sp³-hybridized carbons (Fsp3) is 0.909.